The maximum Gasteiger partial charge on any atom is 0.227 e. The molecule has 2 atom stereocenters. The quantitative estimate of drug-likeness (QED) is 0.862. The smallest absolute Gasteiger partial charge is 0.227 e. The van der Waals surface area contributed by atoms with E-state index in [0.29, 0.717) is 12.0 Å². The van der Waals surface area contributed by atoms with Gasteiger partial charge in [-0.15, -0.1) is 0 Å². The van der Waals surface area contributed by atoms with Gasteiger partial charge >= 0.3 is 0 Å². The van der Waals surface area contributed by atoms with E-state index in [0.717, 1.165) is 38.0 Å². The van der Waals surface area contributed by atoms with E-state index in [2.05, 4.69) is 36.5 Å². The summed E-state index contributed by atoms with van der Waals surface area (Å²) in [5.74, 6) is 0.836. The standard InChI is InChI=1S/C15H20N2O/c1-2-11-3-5-13(6-4-11)17-14-10-16-8-7-12(14)9-15(17)18/h3-6,12,14,16H,2,7-10H2,1H3. The third-order valence-electron chi connectivity index (χ3n) is 4.25. The fraction of sp³-hybridized carbons (Fsp3) is 0.533. The highest BCUT2D eigenvalue weighted by atomic mass is 16.2. The van der Waals surface area contributed by atoms with Crippen LogP contribution >= 0.6 is 0 Å². The molecule has 0 aromatic heterocycles. The van der Waals surface area contributed by atoms with Crippen LogP contribution in [0.15, 0.2) is 24.3 Å². The molecule has 0 aliphatic carbocycles. The topological polar surface area (TPSA) is 32.3 Å². The van der Waals surface area contributed by atoms with Crippen LogP contribution in [0.2, 0.25) is 0 Å². The zero-order valence-corrected chi connectivity index (χ0v) is 10.9. The van der Waals surface area contributed by atoms with Crippen molar-refractivity contribution >= 4 is 11.6 Å². The predicted molar refractivity (Wildman–Crippen MR) is 72.7 cm³/mol. The number of anilines is 1. The van der Waals surface area contributed by atoms with E-state index in [1.54, 1.807) is 0 Å². The molecular formula is C15H20N2O. The number of benzene rings is 1. The van der Waals surface area contributed by atoms with Crippen molar-refractivity contribution in [2.75, 3.05) is 18.0 Å². The molecule has 18 heavy (non-hydrogen) atoms. The normalized spacial score (nSPS) is 27.4. The molecule has 2 heterocycles. The fourth-order valence-corrected chi connectivity index (χ4v) is 3.17. The molecule has 1 aromatic carbocycles. The minimum absolute atomic E-state index is 0.290. The lowest BCUT2D eigenvalue weighted by atomic mass is 9.93. The maximum atomic E-state index is 12.2. The Morgan fingerprint density at radius 2 is 2.11 bits per heavy atom. The van der Waals surface area contributed by atoms with Crippen LogP contribution in [0.25, 0.3) is 0 Å². The molecule has 3 heteroatoms. The van der Waals surface area contributed by atoms with Crippen LogP contribution in [0.5, 0.6) is 0 Å². The van der Waals surface area contributed by atoms with Gasteiger partial charge in [-0.3, -0.25) is 4.79 Å². The van der Waals surface area contributed by atoms with Crippen molar-refractivity contribution in [3.63, 3.8) is 0 Å². The van der Waals surface area contributed by atoms with Gasteiger partial charge in [-0.2, -0.15) is 0 Å². The van der Waals surface area contributed by atoms with Crippen molar-refractivity contribution in [1.82, 2.24) is 5.32 Å². The van der Waals surface area contributed by atoms with Crippen LogP contribution < -0.4 is 10.2 Å². The van der Waals surface area contributed by atoms with Crippen LogP contribution in [0.1, 0.15) is 25.3 Å². The van der Waals surface area contributed by atoms with E-state index in [4.69, 9.17) is 0 Å². The average Bonchev–Trinajstić information content (AvgIpc) is 2.75. The SMILES string of the molecule is CCc1ccc(N2C(=O)CC3CCNCC32)cc1. The second-order valence-corrected chi connectivity index (χ2v) is 5.31. The highest BCUT2D eigenvalue weighted by Gasteiger charge is 2.41. The second kappa shape index (κ2) is 4.73. The number of carbonyl (C=O) groups is 1. The summed E-state index contributed by atoms with van der Waals surface area (Å²) >= 11 is 0. The first kappa shape index (κ1) is 11.7. The van der Waals surface area contributed by atoms with Crippen molar-refractivity contribution in [2.45, 2.75) is 32.2 Å². The van der Waals surface area contributed by atoms with E-state index in [-0.39, 0.29) is 5.91 Å². The summed E-state index contributed by atoms with van der Waals surface area (Å²) in [4.78, 5) is 14.2. The number of nitrogens with one attached hydrogen (secondary N) is 1. The van der Waals surface area contributed by atoms with Crippen molar-refractivity contribution in [3.05, 3.63) is 29.8 Å². The number of piperidine rings is 1. The number of nitrogens with zero attached hydrogens (tertiary/aromatic N) is 1. The van der Waals surface area contributed by atoms with Gasteiger partial charge in [0, 0.05) is 18.7 Å². The molecule has 3 rings (SSSR count). The molecule has 2 fully saturated rings. The Morgan fingerprint density at radius 3 is 2.83 bits per heavy atom. The molecule has 2 saturated heterocycles. The van der Waals surface area contributed by atoms with Gasteiger partial charge in [0.1, 0.15) is 0 Å². The molecule has 1 aromatic rings. The minimum Gasteiger partial charge on any atom is -0.315 e. The molecule has 1 N–H and O–H groups in total. The fourth-order valence-electron chi connectivity index (χ4n) is 3.17. The largest absolute Gasteiger partial charge is 0.315 e. The first-order chi connectivity index (χ1) is 8.79. The van der Waals surface area contributed by atoms with E-state index in [9.17, 15) is 4.79 Å². The molecule has 0 spiro atoms. The zero-order chi connectivity index (χ0) is 12.5. The number of rotatable bonds is 2. The number of hydrogen-bond donors (Lipinski definition) is 1. The summed E-state index contributed by atoms with van der Waals surface area (Å²) in [7, 11) is 0. The van der Waals surface area contributed by atoms with Gasteiger partial charge in [-0.05, 0) is 43.0 Å². The van der Waals surface area contributed by atoms with Crippen LogP contribution in [0.3, 0.4) is 0 Å². The Bertz CT molecular complexity index is 440. The van der Waals surface area contributed by atoms with Crippen LogP contribution in [-0.2, 0) is 11.2 Å². The van der Waals surface area contributed by atoms with Crippen molar-refractivity contribution in [3.8, 4) is 0 Å². The lowest BCUT2D eigenvalue weighted by Gasteiger charge is -2.32. The van der Waals surface area contributed by atoms with Gasteiger partial charge in [0.2, 0.25) is 5.91 Å². The molecule has 96 valence electrons. The minimum atomic E-state index is 0.290. The molecule has 1 amide bonds. The summed E-state index contributed by atoms with van der Waals surface area (Å²) in [5, 5.41) is 3.41. The van der Waals surface area contributed by atoms with Gasteiger partial charge in [0.05, 0.1) is 6.04 Å². The predicted octanol–water partition coefficient (Wildman–Crippen LogP) is 1.96. The molecule has 2 aliphatic heterocycles. The lowest BCUT2D eigenvalue weighted by molar-refractivity contribution is -0.117. The van der Waals surface area contributed by atoms with E-state index in [1.165, 1.54) is 5.56 Å². The van der Waals surface area contributed by atoms with Gasteiger partial charge < -0.3 is 10.2 Å². The van der Waals surface area contributed by atoms with Crippen molar-refractivity contribution in [1.29, 1.82) is 0 Å². The first-order valence-electron chi connectivity index (χ1n) is 6.91. The summed E-state index contributed by atoms with van der Waals surface area (Å²) in [6.45, 7) is 4.14. The van der Waals surface area contributed by atoms with Crippen LogP contribution in [0, 0.1) is 5.92 Å². The summed E-state index contributed by atoms with van der Waals surface area (Å²) in [5.41, 5.74) is 2.39. The van der Waals surface area contributed by atoms with E-state index in [1.807, 2.05) is 4.90 Å². The third kappa shape index (κ3) is 1.93. The Labute approximate surface area is 108 Å². The van der Waals surface area contributed by atoms with Crippen molar-refractivity contribution < 1.29 is 4.79 Å². The summed E-state index contributed by atoms with van der Waals surface area (Å²) in [6, 6.07) is 8.80. The van der Waals surface area contributed by atoms with Gasteiger partial charge in [0.25, 0.3) is 0 Å². The number of aryl methyl sites for hydroxylation is 1. The van der Waals surface area contributed by atoms with Crippen molar-refractivity contribution in [2.24, 2.45) is 5.92 Å². The molecular weight excluding hydrogens is 224 g/mol. The first-order valence-corrected chi connectivity index (χ1v) is 6.91. The summed E-state index contributed by atoms with van der Waals surface area (Å²) < 4.78 is 0. The molecule has 0 saturated carbocycles. The van der Waals surface area contributed by atoms with Crippen LogP contribution in [-0.4, -0.2) is 25.0 Å². The Morgan fingerprint density at radius 1 is 1.33 bits per heavy atom. The maximum absolute atomic E-state index is 12.2. The molecule has 0 bridgehead atoms. The van der Waals surface area contributed by atoms with Gasteiger partial charge in [-0.1, -0.05) is 19.1 Å². The average molecular weight is 244 g/mol. The number of hydrogen-bond acceptors (Lipinski definition) is 2. The number of fused-ring (bicyclic) bond motifs is 1. The zero-order valence-electron chi connectivity index (χ0n) is 10.9. The Hall–Kier alpha value is -1.35. The van der Waals surface area contributed by atoms with Crippen LogP contribution in [0.4, 0.5) is 5.69 Å². The Kier molecular flexibility index (Phi) is 3.08. The lowest BCUT2D eigenvalue weighted by Crippen LogP contribution is -2.46. The molecule has 3 nitrogen and oxygen atoms in total. The van der Waals surface area contributed by atoms with E-state index >= 15 is 0 Å². The molecule has 0 radical (unpaired) electrons. The highest BCUT2D eigenvalue weighted by Crippen LogP contribution is 2.34. The monoisotopic (exact) mass is 244 g/mol. The molecule has 2 aliphatic rings. The third-order valence-corrected chi connectivity index (χ3v) is 4.25. The highest BCUT2D eigenvalue weighted by molar-refractivity contribution is 5.96. The molecule has 2 unspecified atom stereocenters. The number of carbonyl (C=O) groups excluding carboxylic acids is 1. The number of amides is 1. The van der Waals surface area contributed by atoms with Gasteiger partial charge in [0.15, 0.2) is 0 Å². The Balaban J connectivity index is 1.87. The second-order valence-electron chi connectivity index (χ2n) is 5.31. The summed E-state index contributed by atoms with van der Waals surface area (Å²) in [6.07, 6.45) is 2.89. The van der Waals surface area contributed by atoms with E-state index < -0.39 is 0 Å². The van der Waals surface area contributed by atoms with Gasteiger partial charge in [-0.25, -0.2) is 0 Å².